The van der Waals surface area contributed by atoms with E-state index in [1.54, 1.807) is 11.3 Å². The number of hydrogen-bond acceptors (Lipinski definition) is 6. The van der Waals surface area contributed by atoms with Gasteiger partial charge < -0.3 is 10.1 Å². The summed E-state index contributed by atoms with van der Waals surface area (Å²) in [5.74, 6) is 1.64. The van der Waals surface area contributed by atoms with Crippen molar-refractivity contribution in [3.63, 3.8) is 0 Å². The van der Waals surface area contributed by atoms with E-state index in [0.717, 1.165) is 67.5 Å². The molecule has 1 N–H and O–H groups in total. The largest absolute Gasteiger partial charge is 0.379 e. The number of ether oxygens (including phenoxy) is 1. The third-order valence-electron chi connectivity index (χ3n) is 5.44. The molecular weight excluding hydrogens is 392 g/mol. The summed E-state index contributed by atoms with van der Waals surface area (Å²) in [4.78, 5) is 12.1. The second kappa shape index (κ2) is 8.92. The first-order valence-electron chi connectivity index (χ1n) is 10.3. The molecular formula is C24H24N4OS. The highest BCUT2D eigenvalue weighted by molar-refractivity contribution is 7.08. The molecule has 0 unspecified atom stereocenters. The summed E-state index contributed by atoms with van der Waals surface area (Å²) in [6.07, 6.45) is 0. The zero-order chi connectivity index (χ0) is 20.2. The molecule has 1 aliphatic rings. The van der Waals surface area contributed by atoms with E-state index in [0.29, 0.717) is 0 Å². The van der Waals surface area contributed by atoms with Gasteiger partial charge in [0, 0.05) is 42.5 Å². The minimum absolute atomic E-state index is 0.727. The zero-order valence-electron chi connectivity index (χ0n) is 16.8. The molecule has 4 aromatic rings. The van der Waals surface area contributed by atoms with E-state index in [4.69, 9.17) is 14.7 Å². The van der Waals surface area contributed by atoms with Crippen molar-refractivity contribution in [2.45, 2.75) is 13.1 Å². The predicted molar refractivity (Wildman–Crippen MR) is 123 cm³/mol. The Morgan fingerprint density at radius 2 is 1.73 bits per heavy atom. The van der Waals surface area contributed by atoms with Crippen LogP contribution in [-0.4, -0.2) is 41.2 Å². The van der Waals surface area contributed by atoms with E-state index in [2.05, 4.69) is 57.4 Å². The van der Waals surface area contributed by atoms with Gasteiger partial charge in [-0.25, -0.2) is 9.97 Å². The highest BCUT2D eigenvalue weighted by atomic mass is 32.1. The Labute approximate surface area is 180 Å². The molecule has 0 radical (unpaired) electrons. The highest BCUT2D eigenvalue weighted by Gasteiger charge is 2.14. The Morgan fingerprint density at radius 3 is 2.57 bits per heavy atom. The molecule has 2 aromatic carbocycles. The molecule has 1 saturated heterocycles. The van der Waals surface area contributed by atoms with Crippen LogP contribution in [0.3, 0.4) is 0 Å². The lowest BCUT2D eigenvalue weighted by Crippen LogP contribution is -2.35. The molecule has 1 fully saturated rings. The number of fused-ring (bicyclic) bond motifs is 1. The third kappa shape index (κ3) is 4.21. The van der Waals surface area contributed by atoms with Crippen LogP contribution in [0.4, 0.5) is 5.82 Å². The van der Waals surface area contributed by atoms with Crippen LogP contribution in [-0.2, 0) is 17.8 Å². The number of nitrogens with one attached hydrogen (secondary N) is 1. The van der Waals surface area contributed by atoms with E-state index in [9.17, 15) is 0 Å². The predicted octanol–water partition coefficient (Wildman–Crippen LogP) is 4.80. The SMILES string of the molecule is c1ccc(CN2CCOCC2)c(CNc2nc(-c3ccsc3)nc3ccccc23)c1. The van der Waals surface area contributed by atoms with Crippen molar-refractivity contribution in [2.75, 3.05) is 31.6 Å². The van der Waals surface area contributed by atoms with Gasteiger partial charge in [0.25, 0.3) is 0 Å². The minimum atomic E-state index is 0.727. The molecule has 30 heavy (non-hydrogen) atoms. The number of rotatable bonds is 6. The zero-order valence-corrected chi connectivity index (χ0v) is 17.6. The first-order chi connectivity index (χ1) is 14.9. The van der Waals surface area contributed by atoms with Crippen molar-refractivity contribution in [3.05, 3.63) is 76.5 Å². The van der Waals surface area contributed by atoms with Gasteiger partial charge in [-0.3, -0.25) is 4.90 Å². The van der Waals surface area contributed by atoms with E-state index in [1.165, 1.54) is 11.1 Å². The van der Waals surface area contributed by atoms with Crippen molar-refractivity contribution in [1.82, 2.24) is 14.9 Å². The number of para-hydroxylation sites is 1. The normalized spacial score (nSPS) is 14.8. The highest BCUT2D eigenvalue weighted by Crippen LogP contribution is 2.26. The fourth-order valence-electron chi connectivity index (χ4n) is 3.80. The maximum Gasteiger partial charge on any atom is 0.162 e. The van der Waals surface area contributed by atoms with Crippen LogP contribution in [0.2, 0.25) is 0 Å². The maximum absolute atomic E-state index is 5.49. The topological polar surface area (TPSA) is 50.3 Å². The van der Waals surface area contributed by atoms with Gasteiger partial charge >= 0.3 is 0 Å². The number of hydrogen-bond donors (Lipinski definition) is 1. The van der Waals surface area contributed by atoms with Gasteiger partial charge in [-0.15, -0.1) is 0 Å². The lowest BCUT2D eigenvalue weighted by molar-refractivity contribution is 0.0341. The van der Waals surface area contributed by atoms with Crippen molar-refractivity contribution in [2.24, 2.45) is 0 Å². The second-order valence-electron chi connectivity index (χ2n) is 7.44. The Balaban J connectivity index is 1.41. The molecule has 152 valence electrons. The lowest BCUT2D eigenvalue weighted by atomic mass is 10.1. The minimum Gasteiger partial charge on any atom is -0.379 e. The van der Waals surface area contributed by atoms with Crippen molar-refractivity contribution >= 4 is 28.1 Å². The summed E-state index contributed by atoms with van der Waals surface area (Å²) in [7, 11) is 0. The number of thiophene rings is 1. The van der Waals surface area contributed by atoms with Crippen LogP contribution in [0.1, 0.15) is 11.1 Å². The lowest BCUT2D eigenvalue weighted by Gasteiger charge is -2.27. The summed E-state index contributed by atoms with van der Waals surface area (Å²) >= 11 is 1.66. The van der Waals surface area contributed by atoms with Crippen molar-refractivity contribution < 1.29 is 4.74 Å². The van der Waals surface area contributed by atoms with Crippen molar-refractivity contribution in [1.29, 1.82) is 0 Å². The fraction of sp³-hybridized carbons (Fsp3) is 0.250. The summed E-state index contributed by atoms with van der Waals surface area (Å²) in [5, 5.41) is 8.78. The summed E-state index contributed by atoms with van der Waals surface area (Å²) in [5.41, 5.74) is 4.66. The molecule has 2 aromatic heterocycles. The molecule has 0 aliphatic carbocycles. The molecule has 0 bridgehead atoms. The monoisotopic (exact) mass is 416 g/mol. The van der Waals surface area contributed by atoms with Gasteiger partial charge in [0.2, 0.25) is 0 Å². The molecule has 3 heterocycles. The average molecular weight is 417 g/mol. The first-order valence-corrected chi connectivity index (χ1v) is 11.2. The van der Waals surface area contributed by atoms with Crippen molar-refractivity contribution in [3.8, 4) is 11.4 Å². The van der Waals surface area contributed by atoms with E-state index in [-0.39, 0.29) is 0 Å². The van der Waals surface area contributed by atoms with Crippen LogP contribution in [0.5, 0.6) is 0 Å². The summed E-state index contributed by atoms with van der Waals surface area (Å²) in [6, 6.07) is 18.9. The third-order valence-corrected chi connectivity index (χ3v) is 6.13. The Hall–Kier alpha value is -2.80. The fourth-order valence-corrected chi connectivity index (χ4v) is 4.43. The van der Waals surface area contributed by atoms with Crippen LogP contribution in [0.15, 0.2) is 65.4 Å². The van der Waals surface area contributed by atoms with Gasteiger partial charge in [0.05, 0.1) is 18.7 Å². The second-order valence-corrected chi connectivity index (χ2v) is 8.22. The van der Waals surface area contributed by atoms with Gasteiger partial charge in [0.15, 0.2) is 5.82 Å². The quantitative estimate of drug-likeness (QED) is 0.489. The number of benzene rings is 2. The van der Waals surface area contributed by atoms with Crippen LogP contribution < -0.4 is 5.32 Å². The Kier molecular flexibility index (Phi) is 5.70. The average Bonchev–Trinajstić information content (AvgIpc) is 3.34. The van der Waals surface area contributed by atoms with Crippen LogP contribution in [0, 0.1) is 0 Å². The molecule has 1 aliphatic heterocycles. The van der Waals surface area contributed by atoms with Crippen LogP contribution >= 0.6 is 11.3 Å². The maximum atomic E-state index is 5.49. The smallest absolute Gasteiger partial charge is 0.162 e. The summed E-state index contributed by atoms with van der Waals surface area (Å²) < 4.78 is 5.49. The van der Waals surface area contributed by atoms with Gasteiger partial charge in [-0.05, 0) is 34.7 Å². The Morgan fingerprint density at radius 1 is 0.933 bits per heavy atom. The summed E-state index contributed by atoms with van der Waals surface area (Å²) in [6.45, 7) is 5.29. The number of anilines is 1. The Bertz CT molecular complexity index is 1120. The molecule has 0 saturated carbocycles. The number of aromatic nitrogens is 2. The van der Waals surface area contributed by atoms with Gasteiger partial charge in [0.1, 0.15) is 5.82 Å². The molecule has 0 spiro atoms. The molecule has 0 amide bonds. The molecule has 0 atom stereocenters. The van der Waals surface area contributed by atoms with E-state index in [1.807, 2.05) is 18.2 Å². The molecule has 5 rings (SSSR count). The molecule has 6 heteroatoms. The van der Waals surface area contributed by atoms with Gasteiger partial charge in [-0.1, -0.05) is 36.4 Å². The van der Waals surface area contributed by atoms with Crippen LogP contribution in [0.25, 0.3) is 22.3 Å². The first kappa shape index (κ1) is 19.2. The van der Waals surface area contributed by atoms with E-state index < -0.39 is 0 Å². The van der Waals surface area contributed by atoms with E-state index >= 15 is 0 Å². The number of nitrogens with zero attached hydrogens (tertiary/aromatic N) is 3. The number of morpholine rings is 1. The van der Waals surface area contributed by atoms with Gasteiger partial charge in [-0.2, -0.15) is 11.3 Å². The standard InChI is InChI=1S/C24H24N4OS/c1-2-6-19(16-28-10-12-29-13-11-28)18(5-1)15-25-24-21-7-3-4-8-22(21)26-23(27-24)20-9-14-30-17-20/h1-9,14,17H,10-13,15-16H2,(H,25,26,27). The molecule has 5 nitrogen and oxygen atoms in total.